The van der Waals surface area contributed by atoms with Gasteiger partial charge in [0.15, 0.2) is 10.6 Å². The van der Waals surface area contributed by atoms with Gasteiger partial charge in [0, 0.05) is 26.1 Å². The highest BCUT2D eigenvalue weighted by molar-refractivity contribution is 7.71. The maximum Gasteiger partial charge on any atom is 0.224 e. The van der Waals surface area contributed by atoms with E-state index >= 15 is 0 Å². The number of hydrogen-bond donors (Lipinski definition) is 1. The summed E-state index contributed by atoms with van der Waals surface area (Å²) in [5.74, 6) is 0.950. The number of nitrogens with zero attached hydrogens (tertiary/aromatic N) is 3. The number of aromatic nitrogens is 3. The molecular formula is C20H20N4OS2. The van der Waals surface area contributed by atoms with Crippen LogP contribution in [-0.2, 0) is 11.3 Å². The van der Waals surface area contributed by atoms with Crippen LogP contribution in [0.1, 0.15) is 18.4 Å². The van der Waals surface area contributed by atoms with Crippen LogP contribution >= 0.6 is 23.6 Å². The van der Waals surface area contributed by atoms with Crippen molar-refractivity contribution in [3.63, 3.8) is 0 Å². The molecule has 3 heterocycles. The molecule has 0 aliphatic carbocycles. The number of nitrogens with one attached hydrogen (secondary N) is 1. The lowest BCUT2D eigenvalue weighted by Gasteiger charge is -2.27. The first-order valence-electron chi connectivity index (χ1n) is 8.93. The molecule has 4 rings (SSSR count). The van der Waals surface area contributed by atoms with Crippen molar-refractivity contribution >= 4 is 35.0 Å². The van der Waals surface area contributed by atoms with Gasteiger partial charge in [-0.15, -0.1) is 11.3 Å². The summed E-state index contributed by atoms with van der Waals surface area (Å²) in [4.78, 5) is 15.6. The predicted octanol–water partition coefficient (Wildman–Crippen LogP) is 4.38. The first-order chi connectivity index (χ1) is 13.2. The maximum atomic E-state index is 12.7. The molecule has 0 saturated heterocycles. The van der Waals surface area contributed by atoms with Crippen molar-refractivity contribution in [1.82, 2.24) is 19.7 Å². The molecule has 1 aliphatic heterocycles. The number of thiophene rings is 1. The quantitative estimate of drug-likeness (QED) is 0.652. The van der Waals surface area contributed by atoms with E-state index in [0.29, 0.717) is 24.3 Å². The number of carbonyl (C=O) groups is 1. The highest BCUT2D eigenvalue weighted by Crippen LogP contribution is 2.24. The summed E-state index contributed by atoms with van der Waals surface area (Å²) < 4.78 is 2.46. The third-order valence-corrected chi connectivity index (χ3v) is 5.93. The molecule has 0 bridgehead atoms. The van der Waals surface area contributed by atoms with E-state index in [1.54, 1.807) is 11.3 Å². The fourth-order valence-electron chi connectivity index (χ4n) is 3.29. The molecule has 0 fully saturated rings. The largest absolute Gasteiger partial charge is 0.339 e. The van der Waals surface area contributed by atoms with Gasteiger partial charge >= 0.3 is 0 Å². The van der Waals surface area contributed by atoms with Gasteiger partial charge in [0.25, 0.3) is 0 Å². The molecule has 0 atom stereocenters. The van der Waals surface area contributed by atoms with Gasteiger partial charge < -0.3 is 4.90 Å². The summed E-state index contributed by atoms with van der Waals surface area (Å²) in [5.41, 5.74) is 2.56. The Balaban J connectivity index is 1.39. The monoisotopic (exact) mass is 396 g/mol. The van der Waals surface area contributed by atoms with Gasteiger partial charge in [-0.2, -0.15) is 5.10 Å². The van der Waals surface area contributed by atoms with Crippen LogP contribution in [0.25, 0.3) is 16.3 Å². The second-order valence-electron chi connectivity index (χ2n) is 6.42. The minimum atomic E-state index is 0.151. The Morgan fingerprint density at radius 3 is 2.78 bits per heavy atom. The first-order valence-corrected chi connectivity index (χ1v) is 10.2. The molecule has 2 aromatic heterocycles. The summed E-state index contributed by atoms with van der Waals surface area (Å²) in [6, 6.07) is 14.4. The average molecular weight is 397 g/mol. The lowest BCUT2D eigenvalue weighted by molar-refractivity contribution is -0.131. The van der Waals surface area contributed by atoms with Crippen molar-refractivity contribution < 1.29 is 4.79 Å². The van der Waals surface area contributed by atoms with Crippen LogP contribution in [0.2, 0.25) is 0 Å². The van der Waals surface area contributed by atoms with E-state index in [0.717, 1.165) is 23.7 Å². The lowest BCUT2D eigenvalue weighted by Crippen LogP contribution is -2.35. The Morgan fingerprint density at radius 1 is 1.22 bits per heavy atom. The van der Waals surface area contributed by atoms with Gasteiger partial charge in [-0.3, -0.25) is 14.5 Å². The van der Waals surface area contributed by atoms with Gasteiger partial charge in [-0.05, 0) is 41.2 Å². The van der Waals surface area contributed by atoms with Crippen molar-refractivity contribution in [2.45, 2.75) is 19.4 Å². The molecule has 7 heteroatoms. The summed E-state index contributed by atoms with van der Waals surface area (Å²) in [6.07, 6.45) is 3.47. The zero-order valence-corrected chi connectivity index (χ0v) is 16.4. The number of H-pyrrole nitrogens is 1. The Hall–Kier alpha value is -2.51. The van der Waals surface area contributed by atoms with E-state index < -0.39 is 0 Å². The Bertz CT molecular complexity index is 1000. The second-order valence-corrected chi connectivity index (χ2v) is 7.75. The topological polar surface area (TPSA) is 53.9 Å². The van der Waals surface area contributed by atoms with E-state index in [1.165, 1.54) is 11.1 Å². The van der Waals surface area contributed by atoms with Crippen molar-refractivity contribution in [2.24, 2.45) is 0 Å². The molecule has 0 spiro atoms. The molecule has 3 aromatic rings. The molecule has 0 saturated carbocycles. The number of hydrogen-bond acceptors (Lipinski definition) is 4. The van der Waals surface area contributed by atoms with Gasteiger partial charge in [0.1, 0.15) is 0 Å². The van der Waals surface area contributed by atoms with Crippen molar-refractivity contribution in [3.05, 3.63) is 64.3 Å². The van der Waals surface area contributed by atoms with Crippen molar-refractivity contribution in [2.75, 3.05) is 13.1 Å². The van der Waals surface area contributed by atoms with Gasteiger partial charge in [-0.25, -0.2) is 0 Å². The smallest absolute Gasteiger partial charge is 0.224 e. The first kappa shape index (κ1) is 17.9. The third kappa shape index (κ3) is 3.94. The van der Waals surface area contributed by atoms with Crippen LogP contribution in [0.5, 0.6) is 0 Å². The SMILES string of the molecule is O=C(CCn1c(-c2cccs2)n[nH]c1=S)N1CC=C(c2ccccc2)CC1. The molecule has 1 amide bonds. The van der Waals surface area contributed by atoms with Crippen molar-refractivity contribution in [1.29, 1.82) is 0 Å². The molecule has 0 unspecified atom stereocenters. The van der Waals surface area contributed by atoms with E-state index in [-0.39, 0.29) is 5.91 Å². The maximum absolute atomic E-state index is 12.7. The highest BCUT2D eigenvalue weighted by atomic mass is 32.1. The zero-order chi connectivity index (χ0) is 18.6. The molecule has 1 N–H and O–H groups in total. The van der Waals surface area contributed by atoms with E-state index in [9.17, 15) is 4.79 Å². The fourth-order valence-corrected chi connectivity index (χ4v) is 4.24. The Morgan fingerprint density at radius 2 is 2.07 bits per heavy atom. The molecule has 0 radical (unpaired) electrons. The van der Waals surface area contributed by atoms with Gasteiger partial charge in [0.2, 0.25) is 5.91 Å². The van der Waals surface area contributed by atoms with E-state index in [2.05, 4.69) is 28.4 Å². The van der Waals surface area contributed by atoms with Crippen LogP contribution in [0, 0.1) is 4.77 Å². The summed E-state index contributed by atoms with van der Waals surface area (Å²) in [5, 5.41) is 9.16. The summed E-state index contributed by atoms with van der Waals surface area (Å²) in [7, 11) is 0. The standard InChI is InChI=1S/C20H20N4OS2/c25-18(23-11-8-16(9-12-23)15-5-2-1-3-6-15)10-13-24-19(21-22-20(24)26)17-7-4-14-27-17/h1-8,14H,9-13H2,(H,22,26). The number of amides is 1. The minimum absolute atomic E-state index is 0.151. The number of carbonyl (C=O) groups excluding carboxylic acids is 1. The Labute approximate surface area is 167 Å². The minimum Gasteiger partial charge on any atom is -0.339 e. The van der Waals surface area contributed by atoms with Gasteiger partial charge in [-0.1, -0.05) is 42.5 Å². The number of aromatic amines is 1. The number of benzene rings is 1. The third-order valence-electron chi connectivity index (χ3n) is 4.76. The van der Waals surface area contributed by atoms with Crippen molar-refractivity contribution in [3.8, 4) is 10.7 Å². The van der Waals surface area contributed by atoms with Gasteiger partial charge in [0.05, 0.1) is 4.88 Å². The molecular weight excluding hydrogens is 376 g/mol. The molecule has 27 heavy (non-hydrogen) atoms. The van der Waals surface area contributed by atoms with Crippen LogP contribution in [-0.4, -0.2) is 38.7 Å². The molecule has 1 aliphatic rings. The zero-order valence-electron chi connectivity index (χ0n) is 14.8. The lowest BCUT2D eigenvalue weighted by atomic mass is 9.99. The predicted molar refractivity (Wildman–Crippen MR) is 111 cm³/mol. The van der Waals surface area contributed by atoms with E-state index in [4.69, 9.17) is 12.2 Å². The Kier molecular flexibility index (Phi) is 5.31. The molecule has 138 valence electrons. The van der Waals surface area contributed by atoms with E-state index in [1.807, 2.05) is 45.2 Å². The average Bonchev–Trinajstić information content (AvgIpc) is 3.37. The second kappa shape index (κ2) is 8.02. The summed E-state index contributed by atoms with van der Waals surface area (Å²) >= 11 is 6.95. The van der Waals surface area contributed by atoms with Crippen LogP contribution < -0.4 is 0 Å². The molecule has 1 aromatic carbocycles. The highest BCUT2D eigenvalue weighted by Gasteiger charge is 2.19. The summed E-state index contributed by atoms with van der Waals surface area (Å²) in [6.45, 7) is 1.96. The van der Waals surface area contributed by atoms with Crippen LogP contribution in [0.4, 0.5) is 0 Å². The fraction of sp³-hybridized carbons (Fsp3) is 0.250. The molecule has 5 nitrogen and oxygen atoms in total. The van der Waals surface area contributed by atoms with Crippen LogP contribution in [0.3, 0.4) is 0 Å². The number of rotatable bonds is 5. The van der Waals surface area contributed by atoms with Crippen LogP contribution in [0.15, 0.2) is 53.9 Å². The normalized spacial score (nSPS) is 14.2.